The van der Waals surface area contributed by atoms with Crippen LogP contribution in [0.15, 0.2) is 29.3 Å². The molecule has 2 aliphatic heterocycles. The van der Waals surface area contributed by atoms with Crippen LogP contribution in [0.3, 0.4) is 0 Å². The zero-order chi connectivity index (χ0) is 19.1. The van der Waals surface area contributed by atoms with Crippen LogP contribution in [0.25, 0.3) is 0 Å². The lowest BCUT2D eigenvalue weighted by Crippen LogP contribution is -2.42. The molecule has 2 unspecified atom stereocenters. The maximum absolute atomic E-state index is 6.12. The Kier molecular flexibility index (Phi) is 7.80. The van der Waals surface area contributed by atoms with E-state index in [0.29, 0.717) is 6.54 Å². The first-order valence-corrected chi connectivity index (χ1v) is 10.5. The minimum absolute atomic E-state index is 0.0489. The molecule has 1 N–H and O–H groups in total. The van der Waals surface area contributed by atoms with E-state index in [1.807, 2.05) is 25.2 Å². The van der Waals surface area contributed by atoms with Gasteiger partial charge in [0.15, 0.2) is 5.96 Å². The van der Waals surface area contributed by atoms with E-state index < -0.39 is 0 Å². The summed E-state index contributed by atoms with van der Waals surface area (Å²) in [6.07, 6.45) is 5.33. The van der Waals surface area contributed by atoms with Crippen LogP contribution in [0.1, 0.15) is 37.4 Å². The molecule has 0 aromatic heterocycles. The quantitative estimate of drug-likeness (QED) is 0.595. The first-order chi connectivity index (χ1) is 13.2. The lowest BCUT2D eigenvalue weighted by atomic mass is 10.1. The number of hydrogen-bond acceptors (Lipinski definition) is 3. The summed E-state index contributed by atoms with van der Waals surface area (Å²) in [5.74, 6) is 1.72. The summed E-state index contributed by atoms with van der Waals surface area (Å²) in [6.45, 7) is 6.63. The van der Waals surface area contributed by atoms with Crippen LogP contribution < -0.4 is 5.32 Å². The van der Waals surface area contributed by atoms with E-state index >= 15 is 0 Å². The van der Waals surface area contributed by atoms with Crippen molar-refractivity contribution in [3.05, 3.63) is 34.9 Å². The lowest BCUT2D eigenvalue weighted by Gasteiger charge is -2.29. The lowest BCUT2D eigenvalue weighted by molar-refractivity contribution is 0.106. The average Bonchev–Trinajstić information content (AvgIpc) is 3.14. The third-order valence-electron chi connectivity index (χ3n) is 5.71. The highest BCUT2D eigenvalue weighted by molar-refractivity contribution is 6.30. The van der Waals surface area contributed by atoms with Crippen molar-refractivity contribution in [1.29, 1.82) is 0 Å². The Morgan fingerprint density at radius 2 is 2.11 bits per heavy atom. The number of aliphatic imine (C=N–C) groups is 1. The topological polar surface area (TPSA) is 40.1 Å². The molecule has 0 aliphatic carbocycles. The fourth-order valence-electron chi connectivity index (χ4n) is 4.24. The Bertz CT molecular complexity index is 618. The zero-order valence-electron chi connectivity index (χ0n) is 16.7. The van der Waals surface area contributed by atoms with E-state index in [4.69, 9.17) is 16.3 Å². The van der Waals surface area contributed by atoms with Gasteiger partial charge in [0.1, 0.15) is 0 Å². The molecule has 2 heterocycles. The highest BCUT2D eigenvalue weighted by Crippen LogP contribution is 2.22. The average molecular weight is 393 g/mol. The standard InChI is InChI=1S/C21H33ClN4O/c1-23-21(24-14-20(27-2)18-7-6-8-19(22)13-18)26-12-9-17(16-26)15-25-10-4-3-5-11-25/h6-8,13,17,20H,3-5,9-12,14-16H2,1-2H3,(H,23,24). The van der Waals surface area contributed by atoms with Crippen molar-refractivity contribution in [2.45, 2.75) is 31.8 Å². The number of halogens is 1. The summed E-state index contributed by atoms with van der Waals surface area (Å²) in [4.78, 5) is 9.54. The molecule has 2 aliphatic rings. The SMILES string of the molecule is CN=C(NCC(OC)c1cccc(Cl)c1)N1CCC(CN2CCCCC2)C1. The maximum Gasteiger partial charge on any atom is 0.193 e. The number of benzene rings is 1. The second-order valence-electron chi connectivity index (χ2n) is 7.67. The summed E-state index contributed by atoms with van der Waals surface area (Å²) in [7, 11) is 3.60. The van der Waals surface area contributed by atoms with Gasteiger partial charge < -0.3 is 19.9 Å². The van der Waals surface area contributed by atoms with Crippen molar-refractivity contribution < 1.29 is 4.74 Å². The number of nitrogens with one attached hydrogen (secondary N) is 1. The van der Waals surface area contributed by atoms with Crippen molar-refractivity contribution in [1.82, 2.24) is 15.1 Å². The Morgan fingerprint density at radius 1 is 1.30 bits per heavy atom. The van der Waals surface area contributed by atoms with Crippen molar-refractivity contribution in [3.63, 3.8) is 0 Å². The third kappa shape index (κ3) is 5.84. The molecule has 150 valence electrons. The molecule has 0 spiro atoms. The molecule has 5 nitrogen and oxygen atoms in total. The predicted octanol–water partition coefficient (Wildman–Crippen LogP) is 3.41. The van der Waals surface area contributed by atoms with E-state index in [9.17, 15) is 0 Å². The largest absolute Gasteiger partial charge is 0.375 e. The van der Waals surface area contributed by atoms with E-state index in [1.54, 1.807) is 7.11 Å². The van der Waals surface area contributed by atoms with Gasteiger partial charge in [-0.3, -0.25) is 4.99 Å². The molecular formula is C21H33ClN4O. The number of likely N-dealkylation sites (tertiary alicyclic amines) is 2. The van der Waals surface area contributed by atoms with Crippen LogP contribution in [-0.2, 0) is 4.74 Å². The first kappa shape index (κ1) is 20.4. The maximum atomic E-state index is 6.12. The van der Waals surface area contributed by atoms with Gasteiger partial charge in [-0.25, -0.2) is 0 Å². The van der Waals surface area contributed by atoms with Crippen LogP contribution in [0.4, 0.5) is 0 Å². The number of hydrogen-bond donors (Lipinski definition) is 1. The molecule has 2 saturated heterocycles. The Morgan fingerprint density at radius 3 is 2.81 bits per heavy atom. The molecule has 3 rings (SSSR count). The molecule has 0 bridgehead atoms. The van der Waals surface area contributed by atoms with Crippen molar-refractivity contribution in [2.75, 3.05) is 53.4 Å². The minimum atomic E-state index is -0.0489. The second-order valence-corrected chi connectivity index (χ2v) is 8.11. The van der Waals surface area contributed by atoms with Gasteiger partial charge in [-0.2, -0.15) is 0 Å². The van der Waals surface area contributed by atoms with E-state index in [1.165, 1.54) is 45.3 Å². The molecule has 2 atom stereocenters. The third-order valence-corrected chi connectivity index (χ3v) is 5.95. The van der Waals surface area contributed by atoms with Gasteiger partial charge >= 0.3 is 0 Å². The molecular weight excluding hydrogens is 360 g/mol. The predicted molar refractivity (Wildman–Crippen MR) is 113 cm³/mol. The molecule has 6 heteroatoms. The Balaban J connectivity index is 1.50. The van der Waals surface area contributed by atoms with E-state index in [2.05, 4.69) is 26.2 Å². The number of methoxy groups -OCH3 is 1. The van der Waals surface area contributed by atoms with Crippen LogP contribution >= 0.6 is 11.6 Å². The fourth-order valence-corrected chi connectivity index (χ4v) is 4.44. The summed E-state index contributed by atoms with van der Waals surface area (Å²) in [6, 6.07) is 7.86. The van der Waals surface area contributed by atoms with Gasteiger partial charge in [0, 0.05) is 45.4 Å². The smallest absolute Gasteiger partial charge is 0.193 e. The molecule has 27 heavy (non-hydrogen) atoms. The van der Waals surface area contributed by atoms with Crippen molar-refractivity contribution in [2.24, 2.45) is 10.9 Å². The van der Waals surface area contributed by atoms with Crippen molar-refractivity contribution in [3.8, 4) is 0 Å². The molecule has 2 fully saturated rings. The number of ether oxygens (including phenoxy) is 1. The number of rotatable bonds is 6. The fraction of sp³-hybridized carbons (Fsp3) is 0.667. The molecule has 0 radical (unpaired) electrons. The second kappa shape index (κ2) is 10.3. The monoisotopic (exact) mass is 392 g/mol. The van der Waals surface area contributed by atoms with Gasteiger partial charge in [-0.1, -0.05) is 30.2 Å². The highest BCUT2D eigenvalue weighted by Gasteiger charge is 2.27. The Hall–Kier alpha value is -1.30. The number of piperidine rings is 1. The first-order valence-electron chi connectivity index (χ1n) is 10.2. The molecule has 0 amide bonds. The minimum Gasteiger partial charge on any atom is -0.375 e. The van der Waals surface area contributed by atoms with Gasteiger partial charge in [-0.05, 0) is 56.0 Å². The van der Waals surface area contributed by atoms with Crippen LogP contribution in [0.5, 0.6) is 0 Å². The summed E-state index contributed by atoms with van der Waals surface area (Å²) >= 11 is 6.12. The van der Waals surface area contributed by atoms with Crippen LogP contribution in [0, 0.1) is 5.92 Å². The van der Waals surface area contributed by atoms with Gasteiger partial charge in [0.25, 0.3) is 0 Å². The number of guanidine groups is 1. The highest BCUT2D eigenvalue weighted by atomic mass is 35.5. The summed E-state index contributed by atoms with van der Waals surface area (Å²) in [5.41, 5.74) is 1.08. The summed E-state index contributed by atoms with van der Waals surface area (Å²) < 4.78 is 5.67. The van der Waals surface area contributed by atoms with Crippen LogP contribution in [-0.4, -0.2) is 69.2 Å². The van der Waals surface area contributed by atoms with Gasteiger partial charge in [0.2, 0.25) is 0 Å². The van der Waals surface area contributed by atoms with Crippen LogP contribution in [0.2, 0.25) is 5.02 Å². The number of nitrogens with zero attached hydrogens (tertiary/aromatic N) is 3. The molecule has 0 saturated carbocycles. The van der Waals surface area contributed by atoms with Gasteiger partial charge in [0.05, 0.1) is 6.10 Å². The molecule has 1 aromatic carbocycles. The zero-order valence-corrected chi connectivity index (χ0v) is 17.4. The van der Waals surface area contributed by atoms with Crippen molar-refractivity contribution >= 4 is 17.6 Å². The Labute approximate surface area is 168 Å². The van der Waals surface area contributed by atoms with Gasteiger partial charge in [-0.15, -0.1) is 0 Å². The molecule has 1 aromatic rings. The normalized spacial score (nSPS) is 22.9. The van der Waals surface area contributed by atoms with E-state index in [0.717, 1.165) is 35.6 Å². The summed E-state index contributed by atoms with van der Waals surface area (Å²) in [5, 5.41) is 4.23. The van der Waals surface area contributed by atoms with E-state index in [-0.39, 0.29) is 6.10 Å².